The van der Waals surface area contributed by atoms with Crippen LogP contribution in [0, 0.1) is 5.92 Å². The molecule has 0 saturated carbocycles. The van der Waals surface area contributed by atoms with Crippen molar-refractivity contribution < 1.29 is 14.3 Å². The maximum Gasteiger partial charge on any atom is 0.407 e. The normalized spacial score (nSPS) is 13.1. The molecular weight excluding hydrogens is 356 g/mol. The molecule has 2 aromatic rings. The van der Waals surface area contributed by atoms with Crippen molar-refractivity contribution in [2.75, 3.05) is 13.7 Å². The van der Waals surface area contributed by atoms with Crippen molar-refractivity contribution in [1.82, 2.24) is 20.2 Å². The zero-order chi connectivity index (χ0) is 20.7. The van der Waals surface area contributed by atoms with Crippen molar-refractivity contribution in [1.29, 1.82) is 0 Å². The van der Waals surface area contributed by atoms with Gasteiger partial charge in [0.05, 0.1) is 25.0 Å². The molecule has 0 radical (unpaired) electrons. The van der Waals surface area contributed by atoms with E-state index in [-0.39, 0.29) is 17.9 Å². The van der Waals surface area contributed by atoms with E-state index in [9.17, 15) is 9.59 Å². The summed E-state index contributed by atoms with van der Waals surface area (Å²) in [4.78, 5) is 34.6. The molecule has 1 heterocycles. The minimum Gasteiger partial charge on any atom is -0.453 e. The summed E-state index contributed by atoms with van der Waals surface area (Å²) in [7, 11) is 1.29. The summed E-state index contributed by atoms with van der Waals surface area (Å²) < 4.78 is 4.68. The van der Waals surface area contributed by atoms with Crippen molar-refractivity contribution in [2.45, 2.75) is 46.2 Å². The van der Waals surface area contributed by atoms with E-state index in [4.69, 9.17) is 0 Å². The second-order valence-electron chi connectivity index (χ2n) is 6.95. The quantitative estimate of drug-likeness (QED) is 0.723. The number of nitrogens with one attached hydrogen (secondary N) is 2. The SMILES string of the molecule is CC[C@@H](c1ncc(-c2ccccc2)[nH]1)N(CC)C(=O)[C@@H](NC(=O)OC)C(C)C. The number of ether oxygens (including phenoxy) is 1. The Kier molecular flexibility index (Phi) is 7.61. The Morgan fingerprint density at radius 2 is 1.89 bits per heavy atom. The highest BCUT2D eigenvalue weighted by Gasteiger charge is 2.33. The molecule has 0 aliphatic carbocycles. The minimum absolute atomic E-state index is 0.0744. The van der Waals surface area contributed by atoms with E-state index in [0.29, 0.717) is 13.0 Å². The maximum absolute atomic E-state index is 13.2. The van der Waals surface area contributed by atoms with Crippen LogP contribution in [-0.4, -0.2) is 46.6 Å². The second-order valence-corrected chi connectivity index (χ2v) is 6.95. The molecule has 0 aliphatic heterocycles. The Morgan fingerprint density at radius 3 is 2.43 bits per heavy atom. The van der Waals surface area contributed by atoms with E-state index in [1.807, 2.05) is 58.0 Å². The third-order valence-electron chi connectivity index (χ3n) is 4.77. The highest BCUT2D eigenvalue weighted by molar-refractivity contribution is 5.86. The Morgan fingerprint density at radius 1 is 1.21 bits per heavy atom. The first-order valence-electron chi connectivity index (χ1n) is 9.68. The van der Waals surface area contributed by atoms with Crippen LogP contribution in [0.2, 0.25) is 0 Å². The number of methoxy groups -OCH3 is 1. The van der Waals surface area contributed by atoms with Gasteiger partial charge in [-0.05, 0) is 24.8 Å². The fourth-order valence-electron chi connectivity index (χ4n) is 3.24. The average molecular weight is 386 g/mol. The summed E-state index contributed by atoms with van der Waals surface area (Å²) >= 11 is 0. The fourth-order valence-corrected chi connectivity index (χ4v) is 3.24. The van der Waals surface area contributed by atoms with Gasteiger partial charge < -0.3 is 19.9 Å². The Balaban J connectivity index is 2.28. The van der Waals surface area contributed by atoms with Crippen LogP contribution in [0.3, 0.4) is 0 Å². The highest BCUT2D eigenvalue weighted by atomic mass is 16.5. The van der Waals surface area contributed by atoms with E-state index in [0.717, 1.165) is 17.1 Å². The second kappa shape index (κ2) is 9.92. The van der Waals surface area contributed by atoms with Crippen molar-refractivity contribution in [2.24, 2.45) is 5.92 Å². The van der Waals surface area contributed by atoms with Crippen molar-refractivity contribution >= 4 is 12.0 Å². The predicted octanol–water partition coefficient (Wildman–Crippen LogP) is 3.76. The number of hydrogen-bond donors (Lipinski definition) is 2. The summed E-state index contributed by atoms with van der Waals surface area (Å²) in [5, 5.41) is 2.66. The van der Waals surface area contributed by atoms with Crippen LogP contribution in [0.4, 0.5) is 4.79 Å². The van der Waals surface area contributed by atoms with Gasteiger partial charge in [-0.15, -0.1) is 0 Å². The van der Waals surface area contributed by atoms with Crippen molar-refractivity contribution in [3.63, 3.8) is 0 Å². The molecule has 7 nitrogen and oxygen atoms in total. The van der Waals surface area contributed by atoms with Gasteiger partial charge in [0.2, 0.25) is 5.91 Å². The number of aromatic amines is 1. The van der Waals surface area contributed by atoms with Gasteiger partial charge >= 0.3 is 6.09 Å². The van der Waals surface area contributed by atoms with Crippen LogP contribution >= 0.6 is 0 Å². The van der Waals surface area contributed by atoms with Gasteiger partial charge in [0.25, 0.3) is 0 Å². The van der Waals surface area contributed by atoms with Gasteiger partial charge in [0, 0.05) is 6.54 Å². The lowest BCUT2D eigenvalue weighted by Gasteiger charge is -2.33. The number of likely N-dealkylation sites (N-methyl/N-ethyl adjacent to an activating group) is 1. The van der Waals surface area contributed by atoms with Gasteiger partial charge in [-0.3, -0.25) is 4.79 Å². The lowest BCUT2D eigenvalue weighted by atomic mass is 10.0. The number of H-pyrrole nitrogens is 1. The first-order valence-corrected chi connectivity index (χ1v) is 9.68. The van der Waals surface area contributed by atoms with E-state index in [1.165, 1.54) is 7.11 Å². The third-order valence-corrected chi connectivity index (χ3v) is 4.77. The van der Waals surface area contributed by atoms with Gasteiger partial charge in [-0.1, -0.05) is 51.1 Å². The minimum atomic E-state index is -0.662. The smallest absolute Gasteiger partial charge is 0.407 e. The van der Waals surface area contributed by atoms with Gasteiger partial charge in [-0.25, -0.2) is 9.78 Å². The standard InChI is InChI=1S/C21H30N4O3/c1-6-17(19-22-13-16(23-19)15-11-9-8-10-12-15)25(7-2)20(26)18(14(3)4)24-21(27)28-5/h8-14,17-18H,6-7H2,1-5H3,(H,22,23)(H,24,27)/t17-,18-/m0/s1. The maximum atomic E-state index is 13.2. The number of alkyl carbamates (subject to hydrolysis) is 1. The number of benzene rings is 1. The number of carbonyl (C=O) groups is 2. The number of rotatable bonds is 8. The molecule has 0 spiro atoms. The Bertz CT molecular complexity index is 773. The van der Waals surface area contributed by atoms with E-state index >= 15 is 0 Å². The predicted molar refractivity (Wildman–Crippen MR) is 109 cm³/mol. The number of imidazole rings is 1. The van der Waals surface area contributed by atoms with Gasteiger partial charge in [0.1, 0.15) is 11.9 Å². The summed E-state index contributed by atoms with van der Waals surface area (Å²) in [6, 6.07) is 9.06. The largest absolute Gasteiger partial charge is 0.453 e. The Labute approximate surface area is 166 Å². The molecule has 2 atom stereocenters. The van der Waals surface area contributed by atoms with Crippen LogP contribution in [-0.2, 0) is 9.53 Å². The molecule has 0 unspecified atom stereocenters. The first-order chi connectivity index (χ1) is 13.4. The number of nitrogens with zero attached hydrogens (tertiary/aromatic N) is 2. The van der Waals surface area contributed by atoms with Gasteiger partial charge in [0.15, 0.2) is 0 Å². The lowest BCUT2D eigenvalue weighted by molar-refractivity contribution is -0.137. The molecule has 1 aromatic heterocycles. The van der Waals surface area contributed by atoms with Crippen LogP contribution in [0.5, 0.6) is 0 Å². The molecular formula is C21H30N4O3. The molecule has 2 rings (SSSR count). The number of hydrogen-bond acceptors (Lipinski definition) is 4. The molecule has 1 aromatic carbocycles. The summed E-state index contributed by atoms with van der Waals surface area (Å²) in [5.41, 5.74) is 1.95. The van der Waals surface area contributed by atoms with Gasteiger partial charge in [-0.2, -0.15) is 0 Å². The zero-order valence-electron chi connectivity index (χ0n) is 17.2. The van der Waals surface area contributed by atoms with E-state index in [2.05, 4.69) is 20.0 Å². The van der Waals surface area contributed by atoms with Crippen LogP contribution in [0.1, 0.15) is 46.0 Å². The van der Waals surface area contributed by atoms with Crippen molar-refractivity contribution in [3.8, 4) is 11.3 Å². The Hall–Kier alpha value is -2.83. The van der Waals surface area contributed by atoms with E-state index < -0.39 is 12.1 Å². The van der Waals surface area contributed by atoms with E-state index in [1.54, 1.807) is 11.1 Å². The fraction of sp³-hybridized carbons (Fsp3) is 0.476. The third kappa shape index (κ3) is 4.91. The topological polar surface area (TPSA) is 87.3 Å². The summed E-state index contributed by atoms with van der Waals surface area (Å²) in [6.07, 6.45) is 1.88. The molecule has 0 fully saturated rings. The number of amides is 2. The summed E-state index contributed by atoms with van der Waals surface area (Å²) in [6.45, 7) is 8.24. The molecule has 7 heteroatoms. The lowest BCUT2D eigenvalue weighted by Crippen LogP contribution is -2.52. The molecule has 0 aliphatic rings. The molecule has 2 amide bonds. The van der Waals surface area contributed by atoms with Crippen LogP contribution in [0.15, 0.2) is 36.5 Å². The molecule has 152 valence electrons. The summed E-state index contributed by atoms with van der Waals surface area (Å²) in [5.74, 6) is 0.513. The molecule has 2 N–H and O–H groups in total. The highest BCUT2D eigenvalue weighted by Crippen LogP contribution is 2.26. The zero-order valence-corrected chi connectivity index (χ0v) is 17.2. The van der Waals surface area contributed by atoms with Crippen LogP contribution in [0.25, 0.3) is 11.3 Å². The van der Waals surface area contributed by atoms with Crippen molar-refractivity contribution in [3.05, 3.63) is 42.4 Å². The first kappa shape index (κ1) is 21.5. The molecule has 0 bridgehead atoms. The number of carbonyl (C=O) groups excluding carboxylic acids is 2. The molecule has 0 saturated heterocycles. The van der Waals surface area contributed by atoms with Crippen LogP contribution < -0.4 is 5.32 Å². The number of aromatic nitrogens is 2. The monoisotopic (exact) mass is 386 g/mol. The molecule has 28 heavy (non-hydrogen) atoms. The average Bonchev–Trinajstić information content (AvgIpc) is 3.19.